The van der Waals surface area contributed by atoms with Crippen LogP contribution in [0.2, 0.25) is 0 Å². The second-order valence-corrected chi connectivity index (χ2v) is 6.08. The van der Waals surface area contributed by atoms with E-state index in [1.165, 1.54) is 11.1 Å². The number of hydrogen-bond acceptors (Lipinski definition) is 5. The van der Waals surface area contributed by atoms with Crippen LogP contribution in [-0.2, 0) is 27.4 Å². The van der Waals surface area contributed by atoms with E-state index in [1.54, 1.807) is 7.05 Å². The molecule has 2 rings (SSSR count). The quantitative estimate of drug-likeness (QED) is 0.750. The molecule has 2 aromatic rings. The van der Waals surface area contributed by atoms with E-state index in [1.807, 2.05) is 37.0 Å². The topological polar surface area (TPSA) is 101 Å². The molecule has 1 amide bonds. The van der Waals surface area contributed by atoms with Crippen molar-refractivity contribution in [3.8, 4) is 0 Å². The molecule has 8 nitrogen and oxygen atoms in total. The Balaban J connectivity index is 1.87. The molecule has 8 heteroatoms. The average molecular weight is 359 g/mol. The first-order valence-corrected chi connectivity index (χ1v) is 8.02. The Labute approximate surface area is 150 Å². The summed E-state index contributed by atoms with van der Waals surface area (Å²) in [6.45, 7) is 3.57. The fourth-order valence-electron chi connectivity index (χ4n) is 2.37. The highest BCUT2D eigenvalue weighted by Crippen LogP contribution is 2.12. The van der Waals surface area contributed by atoms with Gasteiger partial charge in [-0.1, -0.05) is 23.8 Å². The number of amides is 1. The predicted molar refractivity (Wildman–Crippen MR) is 94.7 cm³/mol. The van der Waals surface area contributed by atoms with Crippen molar-refractivity contribution < 1.29 is 14.3 Å². The van der Waals surface area contributed by atoms with Gasteiger partial charge in [0, 0.05) is 25.9 Å². The normalized spacial score (nSPS) is 10.4. The Bertz CT molecular complexity index is 929. The number of ether oxygens (including phenoxy) is 1. The minimum Gasteiger partial charge on any atom is -0.454 e. The van der Waals surface area contributed by atoms with E-state index in [4.69, 9.17) is 4.74 Å². The number of benzene rings is 1. The molecule has 0 bridgehead atoms. The van der Waals surface area contributed by atoms with E-state index in [2.05, 4.69) is 0 Å². The first kappa shape index (κ1) is 19.2. The van der Waals surface area contributed by atoms with Crippen LogP contribution in [0.25, 0.3) is 0 Å². The Morgan fingerprint density at radius 3 is 2.58 bits per heavy atom. The van der Waals surface area contributed by atoms with E-state index in [-0.39, 0.29) is 12.5 Å². The van der Waals surface area contributed by atoms with E-state index in [0.717, 1.165) is 27.3 Å². The molecule has 0 saturated heterocycles. The molecule has 138 valence electrons. The molecule has 0 aliphatic rings. The summed E-state index contributed by atoms with van der Waals surface area (Å²) in [6.07, 6.45) is 1.19. The SMILES string of the molecule is Cc1ccc(CN(C)C(=O)COC(=O)Cn2ccc(=O)[nH]c2=O)c(C)c1. The number of aromatic amines is 1. The summed E-state index contributed by atoms with van der Waals surface area (Å²) in [4.78, 5) is 49.9. The highest BCUT2D eigenvalue weighted by atomic mass is 16.5. The molecule has 0 spiro atoms. The maximum absolute atomic E-state index is 12.1. The standard InChI is InChI=1S/C18H21N3O5/c1-12-4-5-14(13(2)8-12)9-20(3)16(23)11-26-17(24)10-21-7-6-15(22)19-18(21)25/h4-8H,9-11H2,1-3H3,(H,19,22,25). The molecule has 0 fully saturated rings. The molecular weight excluding hydrogens is 338 g/mol. The van der Waals surface area contributed by atoms with Crippen molar-refractivity contribution in [1.82, 2.24) is 14.5 Å². The maximum atomic E-state index is 12.1. The zero-order valence-electron chi connectivity index (χ0n) is 14.9. The third kappa shape index (κ3) is 5.17. The number of carbonyl (C=O) groups excluding carboxylic acids is 2. The number of rotatable bonds is 6. The first-order chi connectivity index (χ1) is 12.3. The largest absolute Gasteiger partial charge is 0.454 e. The molecule has 0 saturated carbocycles. The third-order valence-electron chi connectivity index (χ3n) is 3.88. The zero-order valence-corrected chi connectivity index (χ0v) is 14.9. The van der Waals surface area contributed by atoms with Gasteiger partial charge in [0.2, 0.25) is 0 Å². The van der Waals surface area contributed by atoms with Crippen molar-refractivity contribution in [3.05, 3.63) is 68.0 Å². The minimum absolute atomic E-state index is 0.354. The number of carbonyl (C=O) groups is 2. The summed E-state index contributed by atoms with van der Waals surface area (Å²) in [6, 6.07) is 7.10. The summed E-state index contributed by atoms with van der Waals surface area (Å²) in [5.74, 6) is -1.10. The number of H-pyrrole nitrogens is 1. The summed E-state index contributed by atoms with van der Waals surface area (Å²) in [5, 5.41) is 0. The van der Waals surface area contributed by atoms with Gasteiger partial charge in [-0.05, 0) is 25.0 Å². The van der Waals surface area contributed by atoms with Crippen molar-refractivity contribution in [2.24, 2.45) is 0 Å². The van der Waals surface area contributed by atoms with Crippen molar-refractivity contribution in [2.75, 3.05) is 13.7 Å². The van der Waals surface area contributed by atoms with Gasteiger partial charge in [-0.25, -0.2) is 4.79 Å². The van der Waals surface area contributed by atoms with E-state index < -0.39 is 23.8 Å². The summed E-state index contributed by atoms with van der Waals surface area (Å²) in [7, 11) is 1.63. The lowest BCUT2D eigenvalue weighted by molar-refractivity contribution is -0.152. The Hall–Kier alpha value is -3.16. The van der Waals surface area contributed by atoms with Crippen LogP contribution in [0.1, 0.15) is 16.7 Å². The molecule has 1 aromatic heterocycles. The smallest absolute Gasteiger partial charge is 0.328 e. The molecule has 1 N–H and O–H groups in total. The molecule has 26 heavy (non-hydrogen) atoms. The number of aryl methyl sites for hydroxylation is 2. The lowest BCUT2D eigenvalue weighted by Gasteiger charge is -2.18. The fourth-order valence-corrected chi connectivity index (χ4v) is 2.37. The monoisotopic (exact) mass is 359 g/mol. The molecule has 0 radical (unpaired) electrons. The molecule has 1 aromatic carbocycles. The van der Waals surface area contributed by atoms with Crippen molar-refractivity contribution in [2.45, 2.75) is 26.9 Å². The van der Waals surface area contributed by atoms with E-state index in [0.29, 0.717) is 6.54 Å². The van der Waals surface area contributed by atoms with E-state index >= 15 is 0 Å². The van der Waals surface area contributed by atoms with Crippen LogP contribution in [0, 0.1) is 13.8 Å². The number of nitrogens with zero attached hydrogens (tertiary/aromatic N) is 2. The zero-order chi connectivity index (χ0) is 19.3. The maximum Gasteiger partial charge on any atom is 0.328 e. The summed E-state index contributed by atoms with van der Waals surface area (Å²) in [5.41, 5.74) is 1.97. The van der Waals surface area contributed by atoms with E-state index in [9.17, 15) is 19.2 Å². The summed E-state index contributed by atoms with van der Waals surface area (Å²) < 4.78 is 5.91. The van der Waals surface area contributed by atoms with Crippen LogP contribution in [0.5, 0.6) is 0 Å². The van der Waals surface area contributed by atoms with Crippen LogP contribution in [-0.4, -0.2) is 40.0 Å². The van der Waals surface area contributed by atoms with Crippen molar-refractivity contribution >= 4 is 11.9 Å². The predicted octanol–water partition coefficient (Wildman–Crippen LogP) is 0.355. The Kier molecular flexibility index (Phi) is 6.11. The van der Waals surface area contributed by atoms with Gasteiger partial charge in [0.1, 0.15) is 6.54 Å². The number of hydrogen-bond donors (Lipinski definition) is 1. The van der Waals surface area contributed by atoms with Gasteiger partial charge in [-0.15, -0.1) is 0 Å². The minimum atomic E-state index is -0.743. The molecule has 0 aliphatic heterocycles. The summed E-state index contributed by atoms with van der Waals surface area (Å²) >= 11 is 0. The number of nitrogens with one attached hydrogen (secondary N) is 1. The molecule has 0 atom stereocenters. The Morgan fingerprint density at radius 2 is 1.92 bits per heavy atom. The molecular formula is C18H21N3O5. The van der Waals surface area contributed by atoms with Crippen LogP contribution < -0.4 is 11.2 Å². The molecule has 1 heterocycles. The van der Waals surface area contributed by atoms with Crippen LogP contribution in [0.3, 0.4) is 0 Å². The second kappa shape index (κ2) is 8.28. The van der Waals surface area contributed by atoms with Crippen LogP contribution in [0.15, 0.2) is 40.1 Å². The Morgan fingerprint density at radius 1 is 1.19 bits per heavy atom. The number of esters is 1. The van der Waals surface area contributed by atoms with Crippen molar-refractivity contribution in [1.29, 1.82) is 0 Å². The number of likely N-dealkylation sites (N-methyl/N-ethyl adjacent to an activating group) is 1. The first-order valence-electron chi connectivity index (χ1n) is 8.02. The lowest BCUT2D eigenvalue weighted by Crippen LogP contribution is -2.34. The molecule has 0 aliphatic carbocycles. The van der Waals surface area contributed by atoms with Gasteiger partial charge >= 0.3 is 11.7 Å². The van der Waals surface area contributed by atoms with Gasteiger partial charge < -0.3 is 9.64 Å². The van der Waals surface area contributed by atoms with Crippen LogP contribution in [0.4, 0.5) is 0 Å². The van der Waals surface area contributed by atoms with Crippen molar-refractivity contribution in [3.63, 3.8) is 0 Å². The fraction of sp³-hybridized carbons (Fsp3) is 0.333. The lowest BCUT2D eigenvalue weighted by atomic mass is 10.1. The van der Waals surface area contributed by atoms with Gasteiger partial charge in [-0.3, -0.25) is 23.9 Å². The third-order valence-corrected chi connectivity index (χ3v) is 3.88. The average Bonchev–Trinajstić information content (AvgIpc) is 2.57. The number of aromatic nitrogens is 2. The van der Waals surface area contributed by atoms with Gasteiger partial charge in [-0.2, -0.15) is 0 Å². The van der Waals surface area contributed by atoms with Gasteiger partial charge in [0.25, 0.3) is 11.5 Å². The van der Waals surface area contributed by atoms with Gasteiger partial charge in [0.05, 0.1) is 0 Å². The highest BCUT2D eigenvalue weighted by molar-refractivity contribution is 5.80. The highest BCUT2D eigenvalue weighted by Gasteiger charge is 2.14. The molecule has 0 unspecified atom stereocenters. The van der Waals surface area contributed by atoms with Gasteiger partial charge in [0.15, 0.2) is 6.61 Å². The van der Waals surface area contributed by atoms with Crippen LogP contribution >= 0.6 is 0 Å². The second-order valence-electron chi connectivity index (χ2n) is 6.08.